The predicted molar refractivity (Wildman–Crippen MR) is 155 cm³/mol. The number of aromatic nitrogens is 2. The molecule has 1 fully saturated rings. The standard InChI is InChI=1S/C29H29ClFN5O3S/c1-36-10-8-20(9-11-36)33-29-32-16-18-12-17(2-6-26(18)34-29)23-15-21(3-5-25(23)31)35-40(38,39)28-14-19(30)13-24-22(28)4-7-27(24)37/h2-3,5-6,12-16,20,27,35,37H,4,7-11H2,1H3,(H,32,33,34). The molecule has 8 nitrogen and oxygen atoms in total. The van der Waals surface area contributed by atoms with Crippen LogP contribution in [-0.2, 0) is 16.4 Å². The van der Waals surface area contributed by atoms with Gasteiger partial charge in [0.05, 0.1) is 16.5 Å². The lowest BCUT2D eigenvalue weighted by Crippen LogP contribution is -2.37. The quantitative estimate of drug-likeness (QED) is 0.281. The van der Waals surface area contributed by atoms with Gasteiger partial charge in [-0.2, -0.15) is 0 Å². The minimum absolute atomic E-state index is 0.0185. The summed E-state index contributed by atoms with van der Waals surface area (Å²) >= 11 is 6.17. The maximum atomic E-state index is 15.0. The Kier molecular flexibility index (Phi) is 7.12. The van der Waals surface area contributed by atoms with E-state index in [9.17, 15) is 17.9 Å². The van der Waals surface area contributed by atoms with Crippen LogP contribution < -0.4 is 10.0 Å². The van der Waals surface area contributed by atoms with Crippen molar-refractivity contribution >= 4 is 44.2 Å². The van der Waals surface area contributed by atoms with E-state index in [4.69, 9.17) is 11.6 Å². The zero-order valence-electron chi connectivity index (χ0n) is 21.9. The molecule has 0 radical (unpaired) electrons. The first-order chi connectivity index (χ1) is 19.2. The summed E-state index contributed by atoms with van der Waals surface area (Å²) in [5.74, 6) is 0.0768. The van der Waals surface area contributed by atoms with E-state index in [1.807, 2.05) is 6.07 Å². The Hall–Kier alpha value is -3.31. The zero-order valence-corrected chi connectivity index (χ0v) is 23.4. The molecule has 1 atom stereocenters. The first kappa shape index (κ1) is 26.9. The Balaban J connectivity index is 1.26. The molecule has 1 aliphatic heterocycles. The molecular formula is C29H29ClFN5O3S. The number of halogens is 2. The van der Waals surface area contributed by atoms with Gasteiger partial charge in [-0.25, -0.2) is 22.8 Å². The lowest BCUT2D eigenvalue weighted by Gasteiger charge is -2.29. The van der Waals surface area contributed by atoms with Crippen molar-refractivity contribution in [2.75, 3.05) is 30.2 Å². The van der Waals surface area contributed by atoms with E-state index in [-0.39, 0.29) is 21.2 Å². The third-order valence-electron chi connectivity index (χ3n) is 7.69. The van der Waals surface area contributed by atoms with Gasteiger partial charge in [0, 0.05) is 33.9 Å². The molecule has 3 aromatic carbocycles. The summed E-state index contributed by atoms with van der Waals surface area (Å²) in [6, 6.07) is 12.7. The lowest BCUT2D eigenvalue weighted by molar-refractivity contribution is 0.180. The van der Waals surface area contributed by atoms with Crippen molar-refractivity contribution in [2.45, 2.75) is 42.7 Å². The third-order valence-corrected chi connectivity index (χ3v) is 9.35. The Labute approximate surface area is 237 Å². The van der Waals surface area contributed by atoms with Crippen LogP contribution in [0.5, 0.6) is 0 Å². The van der Waals surface area contributed by atoms with Crippen molar-refractivity contribution in [1.82, 2.24) is 14.9 Å². The molecule has 1 aliphatic carbocycles. The molecule has 0 spiro atoms. The van der Waals surface area contributed by atoms with Crippen LogP contribution in [0.15, 0.2) is 59.6 Å². The van der Waals surface area contributed by atoms with Crippen LogP contribution in [-0.4, -0.2) is 54.6 Å². The van der Waals surface area contributed by atoms with Crippen LogP contribution in [0.25, 0.3) is 22.0 Å². The van der Waals surface area contributed by atoms with Crippen LogP contribution in [0, 0.1) is 5.82 Å². The summed E-state index contributed by atoms with van der Waals surface area (Å²) in [7, 11) is -1.93. The maximum absolute atomic E-state index is 15.0. The minimum Gasteiger partial charge on any atom is -0.388 e. The monoisotopic (exact) mass is 581 g/mol. The molecular weight excluding hydrogens is 553 g/mol. The number of fused-ring (bicyclic) bond motifs is 2. The largest absolute Gasteiger partial charge is 0.388 e. The molecule has 11 heteroatoms. The summed E-state index contributed by atoms with van der Waals surface area (Å²) in [4.78, 5) is 11.4. The third kappa shape index (κ3) is 5.36. The number of hydrogen-bond acceptors (Lipinski definition) is 7. The molecule has 208 valence electrons. The first-order valence-corrected chi connectivity index (χ1v) is 15.1. The van der Waals surface area contributed by atoms with Crippen LogP contribution in [0.3, 0.4) is 0 Å². The number of anilines is 2. The topological polar surface area (TPSA) is 107 Å². The second-order valence-corrected chi connectivity index (χ2v) is 12.6. The fourth-order valence-corrected chi connectivity index (χ4v) is 7.16. The zero-order chi connectivity index (χ0) is 28.0. The number of nitrogens with one attached hydrogen (secondary N) is 2. The second-order valence-electron chi connectivity index (χ2n) is 10.5. The van der Waals surface area contributed by atoms with E-state index in [1.165, 1.54) is 24.3 Å². The summed E-state index contributed by atoms with van der Waals surface area (Å²) < 4.78 is 44.2. The number of piperidine rings is 1. The van der Waals surface area contributed by atoms with Crippen LogP contribution in [0.2, 0.25) is 5.02 Å². The number of sulfonamides is 1. The molecule has 4 aromatic rings. The normalized spacial score (nSPS) is 18.1. The molecule has 3 N–H and O–H groups in total. The molecule has 2 aliphatic rings. The number of nitrogens with zero attached hydrogens (tertiary/aromatic N) is 3. The Morgan fingerprint density at radius 1 is 1.07 bits per heavy atom. The van der Waals surface area contributed by atoms with Crippen LogP contribution in [0.1, 0.15) is 36.5 Å². The van der Waals surface area contributed by atoms with E-state index in [0.29, 0.717) is 41.5 Å². The number of benzene rings is 3. The van der Waals surface area contributed by atoms with Crippen LogP contribution >= 0.6 is 11.6 Å². The molecule has 0 bridgehead atoms. The number of rotatable bonds is 6. The fraction of sp³-hybridized carbons (Fsp3) is 0.310. The van der Waals surface area contributed by atoms with Crippen molar-refractivity contribution in [3.8, 4) is 11.1 Å². The van der Waals surface area contributed by atoms with Gasteiger partial charge in [-0.1, -0.05) is 17.7 Å². The summed E-state index contributed by atoms with van der Waals surface area (Å²) in [5.41, 5.74) is 2.81. The van der Waals surface area contributed by atoms with E-state index in [0.717, 1.165) is 36.8 Å². The minimum atomic E-state index is -4.05. The Bertz CT molecular complexity index is 1710. The number of hydrogen-bond donors (Lipinski definition) is 3. The highest BCUT2D eigenvalue weighted by Crippen LogP contribution is 2.38. The smallest absolute Gasteiger partial charge is 0.262 e. The number of aliphatic hydroxyl groups is 1. The van der Waals surface area contributed by atoms with Gasteiger partial charge < -0.3 is 15.3 Å². The highest BCUT2D eigenvalue weighted by atomic mass is 35.5. The van der Waals surface area contributed by atoms with Gasteiger partial charge in [0.2, 0.25) is 5.95 Å². The van der Waals surface area contributed by atoms with E-state index in [1.54, 1.807) is 24.4 Å². The van der Waals surface area contributed by atoms with Gasteiger partial charge in [0.25, 0.3) is 10.0 Å². The predicted octanol–water partition coefficient (Wildman–Crippen LogP) is 5.38. The first-order valence-electron chi connectivity index (χ1n) is 13.2. The van der Waals surface area contributed by atoms with Gasteiger partial charge >= 0.3 is 0 Å². The maximum Gasteiger partial charge on any atom is 0.262 e. The molecule has 40 heavy (non-hydrogen) atoms. The second kappa shape index (κ2) is 10.6. The van der Waals surface area contributed by atoms with E-state index in [2.05, 4.69) is 32.0 Å². The van der Waals surface area contributed by atoms with E-state index < -0.39 is 21.9 Å². The molecule has 1 aromatic heterocycles. The molecule has 1 saturated heterocycles. The van der Waals surface area contributed by atoms with E-state index >= 15 is 0 Å². The SMILES string of the molecule is CN1CCC(Nc2ncc3cc(-c4cc(NS(=O)(=O)c5cc(Cl)cc6c5CCC6O)ccc4F)ccc3n2)CC1. The molecule has 0 saturated carbocycles. The average Bonchev–Trinajstić information content (AvgIpc) is 3.30. The highest BCUT2D eigenvalue weighted by molar-refractivity contribution is 7.92. The molecule has 1 unspecified atom stereocenters. The number of aliphatic hydroxyl groups excluding tert-OH is 1. The van der Waals surface area contributed by atoms with Crippen molar-refractivity contribution in [3.63, 3.8) is 0 Å². The lowest BCUT2D eigenvalue weighted by atomic mass is 10.0. The fourth-order valence-electron chi connectivity index (χ4n) is 5.50. The highest BCUT2D eigenvalue weighted by Gasteiger charge is 2.29. The summed E-state index contributed by atoms with van der Waals surface area (Å²) in [5, 5.41) is 14.6. The van der Waals surface area contributed by atoms with Gasteiger partial charge in [-0.05, 0) is 105 Å². The molecule has 0 amide bonds. The van der Waals surface area contributed by atoms with Gasteiger partial charge in [-0.15, -0.1) is 0 Å². The van der Waals surface area contributed by atoms with Crippen molar-refractivity contribution in [3.05, 3.63) is 76.7 Å². The molecule has 6 rings (SSSR count). The Morgan fingerprint density at radius 2 is 1.88 bits per heavy atom. The Morgan fingerprint density at radius 3 is 2.67 bits per heavy atom. The average molecular weight is 582 g/mol. The number of likely N-dealkylation sites (tertiary alicyclic amines) is 1. The van der Waals surface area contributed by atoms with Crippen molar-refractivity contribution in [1.29, 1.82) is 0 Å². The van der Waals surface area contributed by atoms with Gasteiger partial charge in [0.1, 0.15) is 5.82 Å². The molecule has 2 heterocycles. The van der Waals surface area contributed by atoms with Gasteiger partial charge in [-0.3, -0.25) is 4.72 Å². The summed E-state index contributed by atoms with van der Waals surface area (Å²) in [6.45, 7) is 2.06. The summed E-state index contributed by atoms with van der Waals surface area (Å²) in [6.07, 6.45) is 3.86. The van der Waals surface area contributed by atoms with Gasteiger partial charge in [0.15, 0.2) is 0 Å². The van der Waals surface area contributed by atoms with Crippen molar-refractivity contribution in [2.24, 2.45) is 0 Å². The van der Waals surface area contributed by atoms with Crippen molar-refractivity contribution < 1.29 is 17.9 Å². The van der Waals surface area contributed by atoms with Crippen LogP contribution in [0.4, 0.5) is 16.0 Å².